The van der Waals surface area contributed by atoms with E-state index in [0.717, 1.165) is 12.8 Å². The molecular formula is C8H20ClN3O2S. The quantitative estimate of drug-likeness (QED) is 0.742. The Morgan fingerprint density at radius 3 is 2.67 bits per heavy atom. The summed E-state index contributed by atoms with van der Waals surface area (Å²) in [6.07, 6.45) is 1.98. The van der Waals surface area contributed by atoms with Crippen molar-refractivity contribution >= 4 is 22.6 Å². The van der Waals surface area contributed by atoms with Gasteiger partial charge in [0.15, 0.2) is 0 Å². The van der Waals surface area contributed by atoms with Gasteiger partial charge in [-0.3, -0.25) is 0 Å². The molecule has 1 fully saturated rings. The lowest BCUT2D eigenvalue weighted by atomic mass is 10.1. The Balaban J connectivity index is 0.00000196. The number of nitrogens with one attached hydrogen (secondary N) is 2. The molecule has 0 saturated carbocycles. The molecule has 15 heavy (non-hydrogen) atoms. The monoisotopic (exact) mass is 257 g/mol. The van der Waals surface area contributed by atoms with E-state index in [9.17, 15) is 8.42 Å². The van der Waals surface area contributed by atoms with Gasteiger partial charge in [-0.1, -0.05) is 6.92 Å². The van der Waals surface area contributed by atoms with Crippen LogP contribution in [-0.4, -0.2) is 45.4 Å². The molecule has 1 rings (SSSR count). The van der Waals surface area contributed by atoms with Gasteiger partial charge in [-0.2, -0.15) is 12.7 Å². The summed E-state index contributed by atoms with van der Waals surface area (Å²) in [5.74, 6) is 0. The van der Waals surface area contributed by atoms with Gasteiger partial charge < -0.3 is 5.32 Å². The molecule has 5 nitrogen and oxygen atoms in total. The van der Waals surface area contributed by atoms with E-state index in [4.69, 9.17) is 0 Å². The zero-order valence-electron chi connectivity index (χ0n) is 9.19. The summed E-state index contributed by atoms with van der Waals surface area (Å²) >= 11 is 0. The minimum Gasteiger partial charge on any atom is -0.316 e. The van der Waals surface area contributed by atoms with Gasteiger partial charge in [0.05, 0.1) is 0 Å². The molecule has 0 aromatic heterocycles. The Kier molecular flexibility index (Phi) is 6.70. The van der Waals surface area contributed by atoms with Crippen LogP contribution in [0.5, 0.6) is 0 Å². The molecule has 1 atom stereocenters. The molecule has 0 radical (unpaired) electrons. The van der Waals surface area contributed by atoms with Crippen molar-refractivity contribution in [1.82, 2.24) is 14.3 Å². The highest BCUT2D eigenvalue weighted by Crippen LogP contribution is 2.12. The third kappa shape index (κ3) is 4.24. The molecule has 2 N–H and O–H groups in total. The van der Waals surface area contributed by atoms with E-state index in [1.807, 2.05) is 7.05 Å². The molecule has 0 spiro atoms. The maximum Gasteiger partial charge on any atom is 0.279 e. The molecule has 0 amide bonds. The number of hydrogen-bond donors (Lipinski definition) is 2. The first-order chi connectivity index (χ1) is 6.60. The number of hydrogen-bond acceptors (Lipinski definition) is 3. The van der Waals surface area contributed by atoms with Crippen LogP contribution in [0.2, 0.25) is 0 Å². The van der Waals surface area contributed by atoms with Gasteiger partial charge >= 0.3 is 0 Å². The fourth-order valence-corrected chi connectivity index (χ4v) is 2.96. The average molecular weight is 258 g/mol. The van der Waals surface area contributed by atoms with Crippen molar-refractivity contribution in [2.24, 2.45) is 0 Å². The zero-order chi connectivity index (χ0) is 10.6. The second-order valence-electron chi connectivity index (χ2n) is 3.49. The second kappa shape index (κ2) is 6.65. The van der Waals surface area contributed by atoms with Gasteiger partial charge in [-0.15, -0.1) is 12.4 Å². The van der Waals surface area contributed by atoms with Crippen LogP contribution in [-0.2, 0) is 10.2 Å². The summed E-state index contributed by atoms with van der Waals surface area (Å²) in [4.78, 5) is 0. The van der Waals surface area contributed by atoms with Crippen LogP contribution in [0, 0.1) is 0 Å². The highest BCUT2D eigenvalue weighted by Gasteiger charge is 2.27. The van der Waals surface area contributed by atoms with Crippen molar-refractivity contribution in [3.8, 4) is 0 Å². The Morgan fingerprint density at radius 1 is 1.47 bits per heavy atom. The summed E-state index contributed by atoms with van der Waals surface area (Å²) in [7, 11) is -1.36. The largest absolute Gasteiger partial charge is 0.316 e. The van der Waals surface area contributed by atoms with Gasteiger partial charge in [0.25, 0.3) is 10.2 Å². The number of rotatable bonds is 4. The summed E-state index contributed by atoms with van der Waals surface area (Å²) in [5, 5.41) is 3.11. The van der Waals surface area contributed by atoms with Crippen molar-refractivity contribution in [3.05, 3.63) is 0 Å². The lowest BCUT2D eigenvalue weighted by molar-refractivity contribution is 0.290. The fraction of sp³-hybridized carbons (Fsp3) is 1.00. The highest BCUT2D eigenvalue weighted by molar-refractivity contribution is 7.87. The first kappa shape index (κ1) is 15.1. The number of likely N-dealkylation sites (N-methyl/N-ethyl adjacent to an activating group) is 1. The first-order valence-corrected chi connectivity index (χ1v) is 6.46. The predicted molar refractivity (Wildman–Crippen MR) is 63.5 cm³/mol. The third-order valence-electron chi connectivity index (χ3n) is 2.46. The Labute approximate surface area is 98.2 Å². The molecule has 7 heteroatoms. The fourth-order valence-electron chi connectivity index (χ4n) is 1.67. The molecule has 0 aliphatic carbocycles. The summed E-state index contributed by atoms with van der Waals surface area (Å²) in [5.41, 5.74) is 0. The summed E-state index contributed by atoms with van der Waals surface area (Å²) in [6.45, 7) is 3.44. The van der Waals surface area contributed by atoms with E-state index in [1.54, 1.807) is 6.92 Å². The molecule has 0 aromatic carbocycles. The molecule has 1 aliphatic rings. The van der Waals surface area contributed by atoms with Crippen molar-refractivity contribution < 1.29 is 8.42 Å². The van der Waals surface area contributed by atoms with Crippen LogP contribution in [0.25, 0.3) is 0 Å². The lowest BCUT2D eigenvalue weighted by Gasteiger charge is -2.31. The molecule has 1 saturated heterocycles. The van der Waals surface area contributed by atoms with E-state index in [-0.39, 0.29) is 18.4 Å². The van der Waals surface area contributed by atoms with Crippen LogP contribution in [0.1, 0.15) is 19.8 Å². The minimum absolute atomic E-state index is 0. The molecule has 1 heterocycles. The van der Waals surface area contributed by atoms with Gasteiger partial charge in [0, 0.05) is 25.7 Å². The van der Waals surface area contributed by atoms with Gasteiger partial charge in [0.1, 0.15) is 0 Å². The Hall–Kier alpha value is 0.120. The van der Waals surface area contributed by atoms with Gasteiger partial charge in [-0.25, -0.2) is 4.72 Å². The molecule has 0 aromatic rings. The van der Waals surface area contributed by atoms with Gasteiger partial charge in [0.2, 0.25) is 0 Å². The standard InChI is InChI=1S/C8H19N3O2S.ClH/c1-3-10-14(12,13)11-6-4-5-8(7-11)9-2;/h8-10H,3-7H2,1-2H3;1H. The maximum absolute atomic E-state index is 11.6. The maximum atomic E-state index is 11.6. The molecule has 0 bridgehead atoms. The number of halogens is 1. The van der Waals surface area contributed by atoms with Crippen LogP contribution >= 0.6 is 12.4 Å². The van der Waals surface area contributed by atoms with E-state index in [2.05, 4.69) is 10.0 Å². The SMILES string of the molecule is CCNS(=O)(=O)N1CCCC(NC)C1.Cl. The summed E-state index contributed by atoms with van der Waals surface area (Å²) in [6, 6.07) is 0.289. The number of nitrogens with zero attached hydrogens (tertiary/aromatic N) is 1. The second-order valence-corrected chi connectivity index (χ2v) is 5.24. The van der Waals surface area contributed by atoms with Gasteiger partial charge in [-0.05, 0) is 19.9 Å². The van der Waals surface area contributed by atoms with Crippen molar-refractivity contribution in [2.75, 3.05) is 26.7 Å². The van der Waals surface area contributed by atoms with Crippen LogP contribution in [0.15, 0.2) is 0 Å². The van der Waals surface area contributed by atoms with E-state index < -0.39 is 10.2 Å². The molecule has 92 valence electrons. The van der Waals surface area contributed by atoms with Crippen LogP contribution in [0.3, 0.4) is 0 Å². The van der Waals surface area contributed by atoms with E-state index >= 15 is 0 Å². The third-order valence-corrected chi connectivity index (χ3v) is 4.12. The topological polar surface area (TPSA) is 61.4 Å². The van der Waals surface area contributed by atoms with Crippen LogP contribution < -0.4 is 10.0 Å². The zero-order valence-corrected chi connectivity index (χ0v) is 10.8. The highest BCUT2D eigenvalue weighted by atomic mass is 35.5. The average Bonchev–Trinajstić information content (AvgIpc) is 2.18. The van der Waals surface area contributed by atoms with Crippen molar-refractivity contribution in [3.63, 3.8) is 0 Å². The van der Waals surface area contributed by atoms with E-state index in [0.29, 0.717) is 19.6 Å². The van der Waals surface area contributed by atoms with Crippen molar-refractivity contribution in [2.45, 2.75) is 25.8 Å². The first-order valence-electron chi connectivity index (χ1n) is 5.02. The molecule has 1 aliphatic heterocycles. The molecular weight excluding hydrogens is 238 g/mol. The normalized spacial score (nSPS) is 23.5. The van der Waals surface area contributed by atoms with E-state index in [1.165, 1.54) is 4.31 Å². The Morgan fingerprint density at radius 2 is 2.13 bits per heavy atom. The Bertz CT molecular complexity index is 271. The lowest BCUT2D eigenvalue weighted by Crippen LogP contribution is -2.50. The molecule has 1 unspecified atom stereocenters. The predicted octanol–water partition coefficient (Wildman–Crippen LogP) is -0.0537. The van der Waals surface area contributed by atoms with Crippen molar-refractivity contribution in [1.29, 1.82) is 0 Å². The smallest absolute Gasteiger partial charge is 0.279 e. The minimum atomic E-state index is -3.23. The van der Waals surface area contributed by atoms with Crippen LogP contribution in [0.4, 0.5) is 0 Å². The summed E-state index contributed by atoms with van der Waals surface area (Å²) < 4.78 is 27.3. The number of piperidine rings is 1.